The number of likely N-dealkylation sites (tertiary alicyclic amines) is 1. The minimum atomic E-state index is -2.39. The van der Waals surface area contributed by atoms with Crippen molar-refractivity contribution in [3.8, 4) is 0 Å². The zero-order chi connectivity index (χ0) is 14.5. The predicted octanol–water partition coefficient (Wildman–Crippen LogP) is 3.62. The van der Waals surface area contributed by atoms with Gasteiger partial charge in [0.15, 0.2) is 0 Å². The number of rotatable bonds is 6. The molecule has 0 amide bonds. The summed E-state index contributed by atoms with van der Waals surface area (Å²) >= 11 is 0. The molecule has 4 heteroatoms. The van der Waals surface area contributed by atoms with Crippen LogP contribution in [0.4, 0.5) is 8.78 Å². The second kappa shape index (κ2) is 7.14. The Kier molecular flexibility index (Phi) is 5.49. The molecule has 1 aromatic rings. The highest BCUT2D eigenvalue weighted by molar-refractivity contribution is 5.28. The number of halogens is 2. The van der Waals surface area contributed by atoms with Crippen LogP contribution in [0.1, 0.15) is 43.4 Å². The Balaban J connectivity index is 2.12. The Bertz CT molecular complexity index is 423. The van der Waals surface area contributed by atoms with Gasteiger partial charge in [-0.1, -0.05) is 25.1 Å². The molecular formula is C16H24F2N2. The monoisotopic (exact) mass is 282 g/mol. The molecule has 1 aromatic carbocycles. The van der Waals surface area contributed by atoms with E-state index in [0.29, 0.717) is 5.92 Å². The minimum absolute atomic E-state index is 0.128. The largest absolute Gasteiger partial charge is 0.316 e. The van der Waals surface area contributed by atoms with Crippen LogP contribution in [0.15, 0.2) is 24.3 Å². The van der Waals surface area contributed by atoms with Gasteiger partial charge in [0.2, 0.25) is 0 Å². The first-order chi connectivity index (χ1) is 9.63. The second-order valence-corrected chi connectivity index (χ2v) is 5.65. The number of nitrogens with zero attached hydrogens (tertiary/aromatic N) is 1. The molecule has 20 heavy (non-hydrogen) atoms. The summed E-state index contributed by atoms with van der Waals surface area (Å²) in [6.07, 6.45) is -0.149. The first kappa shape index (κ1) is 15.4. The molecule has 2 atom stereocenters. The lowest BCUT2D eigenvalue weighted by Crippen LogP contribution is -2.29. The number of hydrogen-bond acceptors (Lipinski definition) is 2. The van der Waals surface area contributed by atoms with E-state index in [1.54, 1.807) is 12.1 Å². The standard InChI is InChI=1S/C16H24F2N2/c1-3-8-19-11-14-7-9-20(2)15(14)12-5-4-6-13(10-12)16(17)18/h4-6,10,14-16,19H,3,7-9,11H2,1-2H3. The Morgan fingerprint density at radius 2 is 2.20 bits per heavy atom. The third kappa shape index (κ3) is 3.55. The summed E-state index contributed by atoms with van der Waals surface area (Å²) in [6, 6.07) is 7.15. The third-order valence-corrected chi connectivity index (χ3v) is 4.11. The van der Waals surface area contributed by atoms with Gasteiger partial charge in [-0.3, -0.25) is 4.90 Å². The molecule has 0 radical (unpaired) electrons. The quantitative estimate of drug-likeness (QED) is 0.802. The summed E-state index contributed by atoms with van der Waals surface area (Å²) in [6.45, 7) is 5.16. The van der Waals surface area contributed by atoms with E-state index in [2.05, 4.69) is 24.2 Å². The summed E-state index contributed by atoms with van der Waals surface area (Å²) in [4.78, 5) is 2.28. The molecule has 0 spiro atoms. The van der Waals surface area contributed by atoms with Crippen LogP contribution in [0, 0.1) is 5.92 Å². The van der Waals surface area contributed by atoms with Crippen LogP contribution in [0.25, 0.3) is 0 Å². The van der Waals surface area contributed by atoms with Crippen molar-refractivity contribution in [3.05, 3.63) is 35.4 Å². The molecule has 1 aliphatic heterocycles. The van der Waals surface area contributed by atoms with Gasteiger partial charge in [-0.15, -0.1) is 0 Å². The van der Waals surface area contributed by atoms with Crippen molar-refractivity contribution in [3.63, 3.8) is 0 Å². The first-order valence-corrected chi connectivity index (χ1v) is 7.42. The highest BCUT2D eigenvalue weighted by Gasteiger charge is 2.32. The zero-order valence-corrected chi connectivity index (χ0v) is 12.3. The summed E-state index contributed by atoms with van der Waals surface area (Å²) in [5, 5.41) is 3.46. The van der Waals surface area contributed by atoms with Crippen molar-refractivity contribution >= 4 is 0 Å². The highest BCUT2D eigenvalue weighted by atomic mass is 19.3. The smallest absolute Gasteiger partial charge is 0.263 e. The van der Waals surface area contributed by atoms with Gasteiger partial charge in [0.1, 0.15) is 0 Å². The van der Waals surface area contributed by atoms with E-state index < -0.39 is 6.43 Å². The van der Waals surface area contributed by atoms with E-state index in [1.807, 2.05) is 6.07 Å². The molecular weight excluding hydrogens is 258 g/mol. The molecule has 0 aliphatic carbocycles. The molecule has 0 bridgehead atoms. The maximum atomic E-state index is 12.9. The fourth-order valence-corrected chi connectivity index (χ4v) is 3.11. The first-order valence-electron chi connectivity index (χ1n) is 7.42. The van der Waals surface area contributed by atoms with Gasteiger partial charge in [0.25, 0.3) is 6.43 Å². The molecule has 0 saturated carbocycles. The van der Waals surface area contributed by atoms with Crippen LogP contribution in [-0.2, 0) is 0 Å². The Hall–Kier alpha value is -1.00. The predicted molar refractivity (Wildman–Crippen MR) is 78.0 cm³/mol. The van der Waals surface area contributed by atoms with Crippen LogP contribution in [0.5, 0.6) is 0 Å². The summed E-state index contributed by atoms with van der Waals surface area (Å²) < 4.78 is 25.7. The lowest BCUT2D eigenvalue weighted by Gasteiger charge is -2.26. The molecule has 1 saturated heterocycles. The van der Waals surface area contributed by atoms with Crippen LogP contribution in [-0.4, -0.2) is 31.6 Å². The summed E-state index contributed by atoms with van der Waals surface area (Å²) in [7, 11) is 2.08. The van der Waals surface area contributed by atoms with E-state index in [0.717, 1.165) is 38.0 Å². The van der Waals surface area contributed by atoms with E-state index in [-0.39, 0.29) is 11.6 Å². The zero-order valence-electron chi connectivity index (χ0n) is 12.3. The van der Waals surface area contributed by atoms with Crippen LogP contribution >= 0.6 is 0 Å². The second-order valence-electron chi connectivity index (χ2n) is 5.65. The van der Waals surface area contributed by atoms with E-state index in [4.69, 9.17) is 0 Å². The van der Waals surface area contributed by atoms with Crippen molar-refractivity contribution < 1.29 is 8.78 Å². The normalized spacial score (nSPS) is 23.6. The number of nitrogens with one attached hydrogen (secondary N) is 1. The lowest BCUT2D eigenvalue weighted by atomic mass is 9.92. The topological polar surface area (TPSA) is 15.3 Å². The molecule has 1 N–H and O–H groups in total. The van der Waals surface area contributed by atoms with Crippen molar-refractivity contribution in [1.82, 2.24) is 10.2 Å². The van der Waals surface area contributed by atoms with Crippen molar-refractivity contribution in [1.29, 1.82) is 0 Å². The van der Waals surface area contributed by atoms with Gasteiger partial charge >= 0.3 is 0 Å². The average molecular weight is 282 g/mol. The van der Waals surface area contributed by atoms with Crippen molar-refractivity contribution in [2.24, 2.45) is 5.92 Å². The maximum absolute atomic E-state index is 12.9. The van der Waals surface area contributed by atoms with Crippen LogP contribution in [0.2, 0.25) is 0 Å². The van der Waals surface area contributed by atoms with Crippen molar-refractivity contribution in [2.75, 3.05) is 26.7 Å². The van der Waals surface area contributed by atoms with Gasteiger partial charge in [0.05, 0.1) is 0 Å². The van der Waals surface area contributed by atoms with Gasteiger partial charge < -0.3 is 5.32 Å². The minimum Gasteiger partial charge on any atom is -0.316 e. The average Bonchev–Trinajstić information content (AvgIpc) is 2.80. The Labute approximate surface area is 120 Å². The fourth-order valence-electron chi connectivity index (χ4n) is 3.11. The fraction of sp³-hybridized carbons (Fsp3) is 0.625. The van der Waals surface area contributed by atoms with Crippen LogP contribution < -0.4 is 5.32 Å². The molecule has 2 nitrogen and oxygen atoms in total. The Morgan fingerprint density at radius 3 is 2.90 bits per heavy atom. The number of alkyl halides is 2. The molecule has 1 aliphatic rings. The van der Waals surface area contributed by atoms with E-state index in [9.17, 15) is 8.78 Å². The summed E-state index contributed by atoms with van der Waals surface area (Å²) in [5.41, 5.74) is 1.15. The van der Waals surface area contributed by atoms with E-state index in [1.165, 1.54) is 6.07 Å². The van der Waals surface area contributed by atoms with Crippen molar-refractivity contribution in [2.45, 2.75) is 32.2 Å². The van der Waals surface area contributed by atoms with Gasteiger partial charge in [-0.2, -0.15) is 0 Å². The third-order valence-electron chi connectivity index (χ3n) is 4.11. The van der Waals surface area contributed by atoms with E-state index >= 15 is 0 Å². The SMILES string of the molecule is CCCNCC1CCN(C)C1c1cccc(C(F)F)c1. The number of hydrogen-bond donors (Lipinski definition) is 1. The molecule has 0 aromatic heterocycles. The molecule has 112 valence electrons. The number of benzene rings is 1. The molecule has 1 fully saturated rings. The van der Waals surface area contributed by atoms with Gasteiger partial charge in [-0.05, 0) is 57.1 Å². The van der Waals surface area contributed by atoms with Gasteiger partial charge in [-0.25, -0.2) is 8.78 Å². The van der Waals surface area contributed by atoms with Gasteiger partial charge in [0, 0.05) is 11.6 Å². The molecule has 2 unspecified atom stereocenters. The molecule has 2 rings (SSSR count). The summed E-state index contributed by atoms with van der Waals surface area (Å²) in [5.74, 6) is 0.500. The maximum Gasteiger partial charge on any atom is 0.263 e. The molecule has 1 heterocycles. The highest BCUT2D eigenvalue weighted by Crippen LogP contribution is 2.36. The Morgan fingerprint density at radius 1 is 1.40 bits per heavy atom. The van der Waals surface area contributed by atoms with Crippen LogP contribution in [0.3, 0.4) is 0 Å². The lowest BCUT2D eigenvalue weighted by molar-refractivity contribution is 0.151.